The fourth-order valence-corrected chi connectivity index (χ4v) is 2.62. The maximum Gasteiger partial charge on any atom is 0.307 e. The highest BCUT2D eigenvalue weighted by Crippen LogP contribution is 2.38. The van der Waals surface area contributed by atoms with E-state index in [1.807, 2.05) is 13.8 Å². The zero-order valence-electron chi connectivity index (χ0n) is 11.1. The van der Waals surface area contributed by atoms with Crippen LogP contribution in [-0.4, -0.2) is 34.7 Å². The molecule has 0 spiro atoms. The normalized spacial score (nSPS) is 28.9. The van der Waals surface area contributed by atoms with Gasteiger partial charge in [0.1, 0.15) is 0 Å². The Morgan fingerprint density at radius 1 is 1.28 bits per heavy atom. The molecule has 0 heterocycles. The summed E-state index contributed by atoms with van der Waals surface area (Å²) in [6.45, 7) is 3.79. The number of carbonyl (C=O) groups is 2. The number of nitrogens with one attached hydrogen (secondary N) is 1. The Hall–Kier alpha value is -1.10. The Kier molecular flexibility index (Phi) is 5.59. The lowest BCUT2D eigenvalue weighted by molar-refractivity contribution is -0.146. The van der Waals surface area contributed by atoms with Crippen molar-refractivity contribution < 1.29 is 19.8 Å². The van der Waals surface area contributed by atoms with Gasteiger partial charge in [0.05, 0.1) is 24.5 Å². The summed E-state index contributed by atoms with van der Waals surface area (Å²) in [6, 6.07) is -0.271. The summed E-state index contributed by atoms with van der Waals surface area (Å²) >= 11 is 0. The van der Waals surface area contributed by atoms with E-state index in [2.05, 4.69) is 5.32 Å². The molecule has 1 amide bonds. The van der Waals surface area contributed by atoms with E-state index in [-0.39, 0.29) is 18.6 Å². The molecule has 5 nitrogen and oxygen atoms in total. The number of aliphatic carboxylic acids is 1. The van der Waals surface area contributed by atoms with Crippen molar-refractivity contribution in [2.75, 3.05) is 6.61 Å². The number of amides is 1. The minimum atomic E-state index is -0.886. The van der Waals surface area contributed by atoms with Gasteiger partial charge in [0.15, 0.2) is 0 Å². The van der Waals surface area contributed by atoms with Crippen LogP contribution in [0.1, 0.15) is 39.5 Å². The molecule has 0 aromatic carbocycles. The maximum absolute atomic E-state index is 12.1. The van der Waals surface area contributed by atoms with Crippen molar-refractivity contribution in [3.8, 4) is 0 Å². The van der Waals surface area contributed by atoms with Gasteiger partial charge in [-0.1, -0.05) is 20.3 Å². The lowest BCUT2D eigenvalue weighted by Gasteiger charge is -2.20. The van der Waals surface area contributed by atoms with E-state index < -0.39 is 17.8 Å². The highest BCUT2D eigenvalue weighted by molar-refractivity contribution is 5.85. The summed E-state index contributed by atoms with van der Waals surface area (Å²) in [4.78, 5) is 23.2. The van der Waals surface area contributed by atoms with Crippen molar-refractivity contribution in [3.05, 3.63) is 0 Å². The molecule has 1 fully saturated rings. The largest absolute Gasteiger partial charge is 0.481 e. The molecule has 0 saturated heterocycles. The molecule has 0 bridgehead atoms. The Morgan fingerprint density at radius 3 is 2.33 bits per heavy atom. The molecular weight excluding hydrogens is 234 g/mol. The Bertz CT molecular complexity index is 301. The Morgan fingerprint density at radius 2 is 1.89 bits per heavy atom. The van der Waals surface area contributed by atoms with Gasteiger partial charge < -0.3 is 15.5 Å². The van der Waals surface area contributed by atoms with Crippen molar-refractivity contribution >= 4 is 11.9 Å². The number of rotatable bonds is 6. The van der Waals surface area contributed by atoms with Crippen LogP contribution in [0, 0.1) is 17.8 Å². The van der Waals surface area contributed by atoms with Gasteiger partial charge in [0.25, 0.3) is 0 Å². The van der Waals surface area contributed by atoms with Gasteiger partial charge in [-0.3, -0.25) is 9.59 Å². The highest BCUT2D eigenvalue weighted by atomic mass is 16.4. The molecule has 1 rings (SSSR count). The quantitative estimate of drug-likeness (QED) is 0.663. The van der Waals surface area contributed by atoms with Crippen LogP contribution in [0.25, 0.3) is 0 Å². The van der Waals surface area contributed by atoms with Gasteiger partial charge in [0, 0.05) is 0 Å². The molecule has 104 valence electrons. The monoisotopic (exact) mass is 257 g/mol. The number of aliphatic hydroxyl groups excluding tert-OH is 1. The fraction of sp³-hybridized carbons (Fsp3) is 0.846. The molecular formula is C13H23NO4. The van der Waals surface area contributed by atoms with Gasteiger partial charge in [-0.15, -0.1) is 0 Å². The lowest BCUT2D eigenvalue weighted by Crippen LogP contribution is -2.42. The summed E-state index contributed by atoms with van der Waals surface area (Å²) in [5.41, 5.74) is 0. The van der Waals surface area contributed by atoms with Gasteiger partial charge >= 0.3 is 5.97 Å². The average Bonchev–Trinajstić information content (AvgIpc) is 2.80. The van der Waals surface area contributed by atoms with Crippen LogP contribution in [0.4, 0.5) is 0 Å². The van der Waals surface area contributed by atoms with Crippen molar-refractivity contribution in [3.63, 3.8) is 0 Å². The standard InChI is InChI=1S/C13H23NO4/c1-3-8-5-10(11(6-8)13(17)18)12(16)14-9(4-2)7-15/h8-11,15H,3-7H2,1-2H3,(H,14,16)(H,17,18). The summed E-state index contributed by atoms with van der Waals surface area (Å²) < 4.78 is 0. The van der Waals surface area contributed by atoms with Crippen molar-refractivity contribution in [2.24, 2.45) is 17.8 Å². The molecule has 0 aromatic heterocycles. The SMILES string of the molecule is CCC1CC(C(=O)O)C(C(=O)NC(CC)CO)C1. The van der Waals surface area contributed by atoms with Crippen LogP contribution in [0.2, 0.25) is 0 Å². The third-order valence-corrected chi connectivity index (χ3v) is 3.95. The molecule has 18 heavy (non-hydrogen) atoms. The minimum Gasteiger partial charge on any atom is -0.481 e. The van der Waals surface area contributed by atoms with Crippen LogP contribution in [0.5, 0.6) is 0 Å². The molecule has 1 saturated carbocycles. The van der Waals surface area contributed by atoms with Crippen molar-refractivity contribution in [1.29, 1.82) is 0 Å². The molecule has 1 aliphatic rings. The summed E-state index contributed by atoms with van der Waals surface area (Å²) in [5, 5.41) is 21.0. The van der Waals surface area contributed by atoms with E-state index in [1.54, 1.807) is 0 Å². The lowest BCUT2D eigenvalue weighted by atomic mass is 9.95. The average molecular weight is 257 g/mol. The van der Waals surface area contributed by atoms with Crippen LogP contribution in [-0.2, 0) is 9.59 Å². The first-order valence-electron chi connectivity index (χ1n) is 6.67. The fourth-order valence-electron chi connectivity index (χ4n) is 2.62. The molecule has 3 N–H and O–H groups in total. The van der Waals surface area contributed by atoms with Gasteiger partial charge in [-0.2, -0.15) is 0 Å². The van der Waals surface area contributed by atoms with Crippen LogP contribution >= 0.6 is 0 Å². The minimum absolute atomic E-state index is 0.107. The number of carboxylic acids is 1. The predicted molar refractivity (Wildman–Crippen MR) is 66.9 cm³/mol. The Labute approximate surface area is 108 Å². The number of hydrogen-bond acceptors (Lipinski definition) is 3. The van der Waals surface area contributed by atoms with Crippen molar-refractivity contribution in [1.82, 2.24) is 5.32 Å². The third-order valence-electron chi connectivity index (χ3n) is 3.95. The van der Waals surface area contributed by atoms with Crippen LogP contribution < -0.4 is 5.32 Å². The van der Waals surface area contributed by atoms with Crippen molar-refractivity contribution in [2.45, 2.75) is 45.6 Å². The zero-order valence-corrected chi connectivity index (χ0v) is 11.1. The highest BCUT2D eigenvalue weighted by Gasteiger charge is 2.42. The molecule has 1 aliphatic carbocycles. The van der Waals surface area contributed by atoms with Gasteiger partial charge in [-0.25, -0.2) is 0 Å². The van der Waals surface area contributed by atoms with Crippen LogP contribution in [0.3, 0.4) is 0 Å². The van der Waals surface area contributed by atoms with E-state index in [4.69, 9.17) is 10.2 Å². The molecule has 4 atom stereocenters. The second-order valence-electron chi connectivity index (χ2n) is 5.09. The Balaban J connectivity index is 2.67. The molecule has 0 aliphatic heterocycles. The predicted octanol–water partition coefficient (Wildman–Crippen LogP) is 1.01. The number of hydrogen-bond donors (Lipinski definition) is 3. The number of aliphatic hydroxyl groups is 1. The smallest absolute Gasteiger partial charge is 0.307 e. The topological polar surface area (TPSA) is 86.6 Å². The van der Waals surface area contributed by atoms with E-state index >= 15 is 0 Å². The molecule has 4 unspecified atom stereocenters. The molecule has 5 heteroatoms. The maximum atomic E-state index is 12.1. The third kappa shape index (κ3) is 3.45. The number of carbonyl (C=O) groups excluding carboxylic acids is 1. The van der Waals surface area contributed by atoms with E-state index in [1.165, 1.54) is 0 Å². The first-order valence-corrected chi connectivity index (χ1v) is 6.67. The summed E-state index contributed by atoms with van der Waals surface area (Å²) in [5.74, 6) is -1.82. The van der Waals surface area contributed by atoms with Gasteiger partial charge in [0.2, 0.25) is 5.91 Å². The molecule has 0 radical (unpaired) electrons. The van der Waals surface area contributed by atoms with E-state index in [0.717, 1.165) is 6.42 Å². The van der Waals surface area contributed by atoms with E-state index in [0.29, 0.717) is 25.2 Å². The molecule has 0 aromatic rings. The first kappa shape index (κ1) is 15.0. The second-order valence-corrected chi connectivity index (χ2v) is 5.09. The van der Waals surface area contributed by atoms with Crippen LogP contribution in [0.15, 0.2) is 0 Å². The zero-order chi connectivity index (χ0) is 13.7. The summed E-state index contributed by atoms with van der Waals surface area (Å²) in [7, 11) is 0. The van der Waals surface area contributed by atoms with E-state index in [9.17, 15) is 9.59 Å². The van der Waals surface area contributed by atoms with Gasteiger partial charge in [-0.05, 0) is 25.2 Å². The second kappa shape index (κ2) is 6.73. The first-order chi connectivity index (χ1) is 8.53. The number of carboxylic acid groups (broad SMARTS) is 1. The summed E-state index contributed by atoms with van der Waals surface area (Å²) in [6.07, 6.45) is 2.77.